The monoisotopic (exact) mass is 395 g/mol. The summed E-state index contributed by atoms with van der Waals surface area (Å²) in [5.74, 6) is 0.0518. The van der Waals surface area contributed by atoms with Crippen molar-refractivity contribution in [2.75, 3.05) is 11.9 Å². The minimum Gasteiger partial charge on any atom is -0.462 e. The highest BCUT2D eigenvalue weighted by Crippen LogP contribution is 2.35. The van der Waals surface area contributed by atoms with Crippen LogP contribution in [0.2, 0.25) is 0 Å². The molecule has 0 saturated heterocycles. The second-order valence-corrected chi connectivity index (χ2v) is 6.58. The van der Waals surface area contributed by atoms with Crippen LogP contribution >= 0.6 is 0 Å². The van der Waals surface area contributed by atoms with E-state index in [2.05, 4.69) is 15.3 Å². The van der Waals surface area contributed by atoms with Crippen LogP contribution in [-0.4, -0.2) is 23.8 Å². The third kappa shape index (κ3) is 4.20. The Hall–Kier alpha value is -3.99. The first kappa shape index (κ1) is 19.3. The maximum Gasteiger partial charge on any atom is 0.342 e. The molecule has 0 atom stereocenters. The Labute approximate surface area is 175 Å². The Morgan fingerprint density at radius 3 is 2.47 bits per heavy atom. The summed E-state index contributed by atoms with van der Waals surface area (Å²) in [5.41, 5.74) is 4.38. The van der Waals surface area contributed by atoms with Gasteiger partial charge in [0.05, 0.1) is 23.7 Å². The normalized spacial score (nSPS) is 11.0. The van der Waals surface area contributed by atoms with Crippen molar-refractivity contribution in [2.24, 2.45) is 4.99 Å². The summed E-state index contributed by atoms with van der Waals surface area (Å²) in [7, 11) is 0. The number of esters is 1. The molecule has 30 heavy (non-hydrogen) atoms. The molecule has 2 aromatic rings. The van der Waals surface area contributed by atoms with Crippen LogP contribution in [0.5, 0.6) is 0 Å². The number of rotatable bonds is 6. The van der Waals surface area contributed by atoms with Crippen molar-refractivity contribution in [2.45, 2.75) is 6.92 Å². The smallest absolute Gasteiger partial charge is 0.342 e. The first-order valence-corrected chi connectivity index (χ1v) is 9.77. The molecule has 0 unspecified atom stereocenters. The number of nitrogens with zero attached hydrogens (tertiary/aromatic N) is 2. The lowest BCUT2D eigenvalue weighted by Gasteiger charge is -2.09. The summed E-state index contributed by atoms with van der Waals surface area (Å²) in [6, 6.07) is 27.0. The molecule has 5 nitrogen and oxygen atoms in total. The van der Waals surface area contributed by atoms with E-state index in [4.69, 9.17) is 4.74 Å². The van der Waals surface area contributed by atoms with Gasteiger partial charge in [0.1, 0.15) is 11.4 Å². The van der Waals surface area contributed by atoms with E-state index in [1.165, 1.54) is 0 Å². The lowest BCUT2D eigenvalue weighted by Crippen LogP contribution is -2.07. The molecule has 2 aliphatic rings. The molecule has 0 fully saturated rings. The van der Waals surface area contributed by atoms with Crippen LogP contribution in [0.1, 0.15) is 22.8 Å². The highest BCUT2D eigenvalue weighted by Gasteiger charge is 2.24. The Morgan fingerprint density at radius 1 is 0.967 bits per heavy atom. The van der Waals surface area contributed by atoms with E-state index in [1.807, 2.05) is 91.1 Å². The van der Waals surface area contributed by atoms with Crippen LogP contribution in [0.3, 0.4) is 0 Å². The average Bonchev–Trinajstić information content (AvgIpc) is 2.94. The number of carbonyl (C=O) groups excluding carboxylic acids is 1. The summed E-state index contributed by atoms with van der Waals surface area (Å²) in [6.07, 6.45) is 1.81. The number of nitrogens with one attached hydrogen (secondary N) is 1. The number of aliphatic imine (C=N–C) groups is 1. The number of benzene rings is 2. The fourth-order valence-electron chi connectivity index (χ4n) is 3.15. The van der Waals surface area contributed by atoms with E-state index in [0.717, 1.165) is 28.2 Å². The first-order chi connectivity index (χ1) is 14.8. The van der Waals surface area contributed by atoms with Gasteiger partial charge in [-0.3, -0.25) is 4.99 Å². The fraction of sp³-hybridized carbons (Fsp3) is 0.0800. The summed E-state index contributed by atoms with van der Waals surface area (Å²) < 4.78 is 5.29. The zero-order chi connectivity index (χ0) is 20.8. The largest absolute Gasteiger partial charge is 0.462 e. The number of fused-ring (bicyclic) bond motifs is 1. The summed E-state index contributed by atoms with van der Waals surface area (Å²) in [4.78, 5) is 22.0. The van der Waals surface area contributed by atoms with Crippen molar-refractivity contribution in [3.05, 3.63) is 96.1 Å². The molecular weight excluding hydrogens is 374 g/mol. The zero-order valence-corrected chi connectivity index (χ0v) is 16.6. The van der Waals surface area contributed by atoms with E-state index in [-0.39, 0.29) is 0 Å². The molecular formula is C25H21N3O2. The fourth-order valence-corrected chi connectivity index (χ4v) is 3.15. The Morgan fingerprint density at radius 2 is 1.67 bits per heavy atom. The van der Waals surface area contributed by atoms with Gasteiger partial charge in [0.15, 0.2) is 0 Å². The highest BCUT2D eigenvalue weighted by molar-refractivity contribution is 6.04. The van der Waals surface area contributed by atoms with Crippen LogP contribution in [0.4, 0.5) is 17.2 Å². The quantitative estimate of drug-likeness (QED) is 0.328. The standard InChI is InChI=1S/C25H21N3O2/c1-2-30-25(29)23-19-13-7-4-8-14-20(19)27-24(23)28-22-16-10-9-15-21(22)26-17-18-11-5-3-6-12-18/h3-17H,2H2,1H3,(H,27,28). The van der Waals surface area contributed by atoms with Crippen molar-refractivity contribution in [3.63, 3.8) is 0 Å². The van der Waals surface area contributed by atoms with Gasteiger partial charge in [0, 0.05) is 11.8 Å². The molecule has 1 N–H and O–H groups in total. The Balaban J connectivity index is 1.73. The molecule has 0 radical (unpaired) electrons. The number of anilines is 2. The number of aromatic nitrogens is 1. The lowest BCUT2D eigenvalue weighted by atomic mass is 10.1. The van der Waals surface area contributed by atoms with Crippen molar-refractivity contribution in [3.8, 4) is 11.3 Å². The minimum atomic E-state index is -0.404. The molecule has 1 heterocycles. The van der Waals surface area contributed by atoms with Gasteiger partial charge >= 0.3 is 5.97 Å². The third-order valence-electron chi connectivity index (χ3n) is 4.54. The van der Waals surface area contributed by atoms with Gasteiger partial charge in [0.25, 0.3) is 0 Å². The molecule has 1 aliphatic heterocycles. The number of hydrogen-bond acceptors (Lipinski definition) is 5. The summed E-state index contributed by atoms with van der Waals surface area (Å²) >= 11 is 0. The van der Waals surface area contributed by atoms with E-state index < -0.39 is 5.97 Å². The van der Waals surface area contributed by atoms with Gasteiger partial charge in [-0.1, -0.05) is 66.7 Å². The van der Waals surface area contributed by atoms with Gasteiger partial charge in [-0.15, -0.1) is 0 Å². The van der Waals surface area contributed by atoms with Crippen molar-refractivity contribution >= 4 is 29.4 Å². The van der Waals surface area contributed by atoms with Crippen LogP contribution in [0.25, 0.3) is 11.3 Å². The van der Waals surface area contributed by atoms with Crippen molar-refractivity contribution in [1.29, 1.82) is 0 Å². The van der Waals surface area contributed by atoms with Crippen molar-refractivity contribution < 1.29 is 9.53 Å². The van der Waals surface area contributed by atoms with E-state index in [9.17, 15) is 4.79 Å². The second kappa shape index (κ2) is 9.01. The van der Waals surface area contributed by atoms with Gasteiger partial charge in [0.2, 0.25) is 0 Å². The SMILES string of the molecule is CCOC(=O)c1c2cccccc-2nc1Nc1ccccc1N=Cc1ccccc1. The zero-order valence-electron chi connectivity index (χ0n) is 16.6. The molecule has 5 heteroatoms. The van der Waals surface area contributed by atoms with Crippen LogP contribution in [0, 0.1) is 0 Å². The molecule has 0 bridgehead atoms. The van der Waals surface area contributed by atoms with Gasteiger partial charge in [-0.05, 0) is 30.7 Å². The van der Waals surface area contributed by atoms with Gasteiger partial charge < -0.3 is 10.1 Å². The maximum absolute atomic E-state index is 12.7. The summed E-state index contributed by atoms with van der Waals surface area (Å²) in [6.45, 7) is 2.08. The number of carbonyl (C=O) groups is 1. The Kier molecular flexibility index (Phi) is 5.80. The maximum atomic E-state index is 12.7. The van der Waals surface area contributed by atoms with Gasteiger partial charge in [-0.25, -0.2) is 9.78 Å². The first-order valence-electron chi connectivity index (χ1n) is 9.77. The molecule has 1 aliphatic carbocycles. The topological polar surface area (TPSA) is 63.6 Å². The summed E-state index contributed by atoms with van der Waals surface area (Å²) in [5, 5.41) is 3.29. The Bertz CT molecular complexity index is 1160. The van der Waals surface area contributed by atoms with E-state index in [0.29, 0.717) is 18.0 Å². The molecule has 4 rings (SSSR count). The lowest BCUT2D eigenvalue weighted by molar-refractivity contribution is 0.0528. The van der Waals surface area contributed by atoms with Crippen LogP contribution in [-0.2, 0) is 4.74 Å². The van der Waals surface area contributed by atoms with Crippen molar-refractivity contribution in [1.82, 2.24) is 4.98 Å². The number of para-hydroxylation sites is 2. The molecule has 148 valence electrons. The minimum absolute atomic E-state index is 0.294. The van der Waals surface area contributed by atoms with Crippen LogP contribution < -0.4 is 5.32 Å². The predicted octanol–water partition coefficient (Wildman–Crippen LogP) is 5.86. The molecule has 2 aromatic carbocycles. The third-order valence-corrected chi connectivity index (χ3v) is 4.54. The predicted molar refractivity (Wildman–Crippen MR) is 120 cm³/mol. The molecule has 0 saturated carbocycles. The van der Waals surface area contributed by atoms with Crippen LogP contribution in [0.15, 0.2) is 89.9 Å². The molecule has 0 spiro atoms. The van der Waals surface area contributed by atoms with Gasteiger partial charge in [-0.2, -0.15) is 0 Å². The number of hydrogen-bond donors (Lipinski definition) is 1. The number of ether oxygens (including phenoxy) is 1. The molecule has 0 aromatic heterocycles. The highest BCUT2D eigenvalue weighted by atomic mass is 16.5. The van der Waals surface area contributed by atoms with E-state index in [1.54, 1.807) is 6.92 Å². The second-order valence-electron chi connectivity index (χ2n) is 6.58. The van der Waals surface area contributed by atoms with E-state index >= 15 is 0 Å². The molecule has 0 amide bonds. The average molecular weight is 395 g/mol.